The predicted octanol–water partition coefficient (Wildman–Crippen LogP) is 0.822. The maximum atomic E-state index is 11.8. The Kier molecular flexibility index (Phi) is 5.93. The highest BCUT2D eigenvalue weighted by molar-refractivity contribution is 7.89. The summed E-state index contributed by atoms with van der Waals surface area (Å²) in [6, 6.07) is 6.56. The van der Waals surface area contributed by atoms with Crippen LogP contribution in [-0.2, 0) is 26.0 Å². The average molecular weight is 326 g/mol. The van der Waals surface area contributed by atoms with Gasteiger partial charge in [0.15, 0.2) is 0 Å². The minimum atomic E-state index is -3.41. The topological polar surface area (TPSA) is 84.5 Å². The van der Waals surface area contributed by atoms with Gasteiger partial charge in [0, 0.05) is 19.6 Å². The summed E-state index contributed by atoms with van der Waals surface area (Å²) < 4.78 is 30.9. The molecule has 1 heterocycles. The van der Waals surface area contributed by atoms with Crippen LogP contribution in [0.1, 0.15) is 24.8 Å². The van der Waals surface area contributed by atoms with Crippen LogP contribution in [0.4, 0.5) is 0 Å². The molecule has 0 bridgehead atoms. The smallest absolute Gasteiger partial charge is 0.240 e. The molecule has 1 atom stereocenters. The summed E-state index contributed by atoms with van der Waals surface area (Å²) in [5.74, 6) is -0.0116. The van der Waals surface area contributed by atoms with Crippen molar-refractivity contribution in [1.82, 2.24) is 10.0 Å². The van der Waals surface area contributed by atoms with Crippen LogP contribution in [0, 0.1) is 0 Å². The summed E-state index contributed by atoms with van der Waals surface area (Å²) in [4.78, 5) is 12.0. The molecule has 1 aromatic rings. The Morgan fingerprint density at radius 3 is 2.64 bits per heavy atom. The highest BCUT2D eigenvalue weighted by Crippen LogP contribution is 2.12. The number of ether oxygens (including phenoxy) is 1. The van der Waals surface area contributed by atoms with Gasteiger partial charge in [-0.15, -0.1) is 0 Å². The van der Waals surface area contributed by atoms with E-state index in [4.69, 9.17) is 4.74 Å². The van der Waals surface area contributed by atoms with E-state index >= 15 is 0 Å². The van der Waals surface area contributed by atoms with Crippen molar-refractivity contribution >= 4 is 15.9 Å². The van der Waals surface area contributed by atoms with E-state index in [1.807, 2.05) is 0 Å². The number of hydrogen-bond acceptors (Lipinski definition) is 4. The lowest BCUT2D eigenvalue weighted by Gasteiger charge is -2.10. The van der Waals surface area contributed by atoms with Crippen LogP contribution in [0.5, 0.6) is 0 Å². The quantitative estimate of drug-likeness (QED) is 0.777. The molecule has 1 aliphatic heterocycles. The molecule has 1 aromatic carbocycles. The first-order valence-electron chi connectivity index (χ1n) is 7.42. The molecule has 1 amide bonds. The number of sulfonamides is 1. The predicted molar refractivity (Wildman–Crippen MR) is 83.0 cm³/mol. The van der Waals surface area contributed by atoms with E-state index in [1.165, 1.54) is 7.05 Å². The Bertz CT molecular complexity index is 592. The van der Waals surface area contributed by atoms with Gasteiger partial charge in [-0.05, 0) is 44.0 Å². The van der Waals surface area contributed by atoms with Crippen LogP contribution in [0.25, 0.3) is 0 Å². The van der Waals surface area contributed by atoms with Gasteiger partial charge < -0.3 is 10.1 Å². The van der Waals surface area contributed by atoms with Crippen LogP contribution in [-0.4, -0.2) is 40.6 Å². The molecule has 0 aromatic heterocycles. The van der Waals surface area contributed by atoms with Crippen molar-refractivity contribution in [3.8, 4) is 0 Å². The molecule has 0 aliphatic carbocycles. The highest BCUT2D eigenvalue weighted by atomic mass is 32.2. The van der Waals surface area contributed by atoms with Gasteiger partial charge in [-0.1, -0.05) is 12.1 Å². The number of nitrogens with one attached hydrogen (secondary N) is 2. The van der Waals surface area contributed by atoms with Crippen LogP contribution in [0.15, 0.2) is 29.2 Å². The second-order valence-corrected chi connectivity index (χ2v) is 7.18. The molecular weight excluding hydrogens is 304 g/mol. The molecule has 0 saturated carbocycles. The largest absolute Gasteiger partial charge is 0.376 e. The van der Waals surface area contributed by atoms with E-state index in [2.05, 4.69) is 10.0 Å². The molecule has 0 radical (unpaired) electrons. The average Bonchev–Trinajstić information content (AvgIpc) is 3.05. The Morgan fingerprint density at radius 1 is 1.32 bits per heavy atom. The summed E-state index contributed by atoms with van der Waals surface area (Å²) in [5.41, 5.74) is 0.933. The molecule has 1 fully saturated rings. The fourth-order valence-corrected chi connectivity index (χ4v) is 3.06. The molecular formula is C15H22N2O4S. The minimum Gasteiger partial charge on any atom is -0.376 e. The highest BCUT2D eigenvalue weighted by Gasteiger charge is 2.16. The zero-order valence-electron chi connectivity index (χ0n) is 12.7. The zero-order chi connectivity index (χ0) is 16.0. The molecule has 6 nitrogen and oxygen atoms in total. The Balaban J connectivity index is 1.77. The summed E-state index contributed by atoms with van der Waals surface area (Å²) in [7, 11) is -2.03. The third-order valence-electron chi connectivity index (χ3n) is 3.69. The lowest BCUT2D eigenvalue weighted by atomic mass is 10.1. The van der Waals surface area contributed by atoms with Crippen LogP contribution < -0.4 is 10.0 Å². The molecule has 1 aliphatic rings. The number of rotatable bonds is 7. The number of carbonyl (C=O) groups is 1. The standard InChI is InChI=1S/C15H22N2O4S/c1-16-22(19,20)14-7-4-12(5-8-14)6-9-15(18)17-11-13-3-2-10-21-13/h4-5,7-8,13,16H,2-3,6,9-11H2,1H3,(H,17,18). The summed E-state index contributed by atoms with van der Waals surface area (Å²) >= 11 is 0. The second kappa shape index (κ2) is 7.71. The Labute approximate surface area is 131 Å². The van der Waals surface area contributed by atoms with Gasteiger partial charge in [-0.2, -0.15) is 0 Å². The zero-order valence-corrected chi connectivity index (χ0v) is 13.5. The summed E-state index contributed by atoms with van der Waals surface area (Å²) in [6.07, 6.45) is 3.17. The number of carbonyl (C=O) groups excluding carboxylic acids is 1. The van der Waals surface area contributed by atoms with Gasteiger partial charge >= 0.3 is 0 Å². The van der Waals surface area contributed by atoms with E-state index in [0.29, 0.717) is 19.4 Å². The molecule has 1 saturated heterocycles. The van der Waals surface area contributed by atoms with Gasteiger partial charge in [-0.25, -0.2) is 13.1 Å². The fraction of sp³-hybridized carbons (Fsp3) is 0.533. The van der Waals surface area contributed by atoms with E-state index in [1.54, 1.807) is 24.3 Å². The van der Waals surface area contributed by atoms with Crippen LogP contribution in [0.3, 0.4) is 0 Å². The van der Waals surface area contributed by atoms with Gasteiger partial charge in [0.2, 0.25) is 15.9 Å². The minimum absolute atomic E-state index is 0.0116. The lowest BCUT2D eigenvalue weighted by Crippen LogP contribution is -2.31. The van der Waals surface area contributed by atoms with Gasteiger partial charge in [-0.3, -0.25) is 4.79 Å². The van der Waals surface area contributed by atoms with Crippen molar-refractivity contribution in [3.63, 3.8) is 0 Å². The summed E-state index contributed by atoms with van der Waals surface area (Å²) in [6.45, 7) is 1.35. The van der Waals surface area contributed by atoms with Crippen LogP contribution in [0.2, 0.25) is 0 Å². The van der Waals surface area contributed by atoms with Crippen molar-refractivity contribution < 1.29 is 17.9 Å². The molecule has 0 spiro atoms. The second-order valence-electron chi connectivity index (χ2n) is 5.29. The van der Waals surface area contributed by atoms with Gasteiger partial charge in [0.25, 0.3) is 0 Å². The maximum Gasteiger partial charge on any atom is 0.240 e. The van der Waals surface area contributed by atoms with Crippen molar-refractivity contribution in [2.24, 2.45) is 0 Å². The van der Waals surface area contributed by atoms with E-state index in [-0.39, 0.29) is 16.9 Å². The maximum absolute atomic E-state index is 11.8. The van der Waals surface area contributed by atoms with Crippen molar-refractivity contribution in [2.75, 3.05) is 20.2 Å². The third-order valence-corrected chi connectivity index (χ3v) is 5.12. The van der Waals surface area contributed by atoms with E-state index < -0.39 is 10.0 Å². The van der Waals surface area contributed by atoms with Crippen LogP contribution >= 0.6 is 0 Å². The number of hydrogen-bond donors (Lipinski definition) is 2. The SMILES string of the molecule is CNS(=O)(=O)c1ccc(CCC(=O)NCC2CCCO2)cc1. The molecule has 7 heteroatoms. The number of benzene rings is 1. The molecule has 1 unspecified atom stereocenters. The Morgan fingerprint density at radius 2 is 2.05 bits per heavy atom. The third kappa shape index (κ3) is 4.79. The fourth-order valence-electron chi connectivity index (χ4n) is 2.33. The van der Waals surface area contributed by atoms with Gasteiger partial charge in [0.05, 0.1) is 11.0 Å². The number of amides is 1. The Hall–Kier alpha value is -1.44. The van der Waals surface area contributed by atoms with E-state index in [0.717, 1.165) is 25.0 Å². The van der Waals surface area contributed by atoms with Gasteiger partial charge in [0.1, 0.15) is 0 Å². The monoisotopic (exact) mass is 326 g/mol. The molecule has 122 valence electrons. The lowest BCUT2D eigenvalue weighted by molar-refractivity contribution is -0.121. The molecule has 22 heavy (non-hydrogen) atoms. The first-order chi connectivity index (χ1) is 10.5. The van der Waals surface area contributed by atoms with E-state index in [9.17, 15) is 13.2 Å². The number of aryl methyl sites for hydroxylation is 1. The first-order valence-corrected chi connectivity index (χ1v) is 8.90. The molecule has 2 N–H and O–H groups in total. The normalized spacial score (nSPS) is 18.3. The van der Waals surface area contributed by atoms with Crippen molar-refractivity contribution in [3.05, 3.63) is 29.8 Å². The van der Waals surface area contributed by atoms with Crippen molar-refractivity contribution in [1.29, 1.82) is 0 Å². The van der Waals surface area contributed by atoms with Crippen molar-refractivity contribution in [2.45, 2.75) is 36.7 Å². The molecule has 2 rings (SSSR count). The summed E-state index contributed by atoms with van der Waals surface area (Å²) in [5, 5.41) is 2.87. The first kappa shape index (κ1) is 16.9.